The van der Waals surface area contributed by atoms with Crippen LogP contribution in [0.3, 0.4) is 0 Å². The van der Waals surface area contributed by atoms with Crippen LogP contribution in [0.15, 0.2) is 22.7 Å². The monoisotopic (exact) mass is 352 g/mol. The minimum atomic E-state index is -0.481. The quantitative estimate of drug-likeness (QED) is 0.656. The summed E-state index contributed by atoms with van der Waals surface area (Å²) in [6.45, 7) is 3.78. The summed E-state index contributed by atoms with van der Waals surface area (Å²) < 4.78 is 5.86. The van der Waals surface area contributed by atoms with Crippen molar-refractivity contribution in [2.75, 3.05) is 7.11 Å². The Hall–Kier alpha value is -1.53. The third kappa shape index (κ3) is 2.81. The predicted octanol–water partition coefficient (Wildman–Crippen LogP) is 3.97. The molecule has 6 heteroatoms. The van der Waals surface area contributed by atoms with Crippen LogP contribution in [0.1, 0.15) is 21.6 Å². The number of methoxy groups -OCH3 is 1. The molecule has 0 bridgehead atoms. The number of hydrogen-bond donors (Lipinski definition) is 1. The molecule has 1 N–H and O–H groups in total. The molecule has 2 aromatic rings. The van der Waals surface area contributed by atoms with Crippen LogP contribution < -0.4 is 0 Å². The van der Waals surface area contributed by atoms with E-state index in [9.17, 15) is 4.79 Å². The zero-order valence-corrected chi connectivity index (χ0v) is 13.7. The minimum absolute atomic E-state index is 0.232. The van der Waals surface area contributed by atoms with Gasteiger partial charge in [0.05, 0.1) is 7.11 Å². The van der Waals surface area contributed by atoms with Gasteiger partial charge >= 0.3 is 5.97 Å². The molecule has 104 valence electrons. The first-order valence-corrected chi connectivity index (χ1v) is 7.10. The highest BCUT2D eigenvalue weighted by Gasteiger charge is 2.15. The van der Waals surface area contributed by atoms with Gasteiger partial charge in [0, 0.05) is 15.7 Å². The topological polar surface area (TPSA) is 55.0 Å². The van der Waals surface area contributed by atoms with Crippen molar-refractivity contribution in [3.05, 3.63) is 44.1 Å². The molecule has 1 aromatic carbocycles. The van der Waals surface area contributed by atoms with Gasteiger partial charge in [0.2, 0.25) is 0 Å². The standard InChI is InChI=1S/C14H13BrN2O2S/c1-7-4-5-9(10(15)6-7)12-16-8(2)11(13(20)17-12)14(18)19-3/h4-6H,1-3H3,(H,16,17,20). The van der Waals surface area contributed by atoms with Crippen LogP contribution in [0.2, 0.25) is 0 Å². The number of carbonyl (C=O) groups excluding carboxylic acids is 1. The SMILES string of the molecule is COC(=O)c1c(C)[nH]c(-c2ccc(C)cc2Br)nc1=S. The lowest BCUT2D eigenvalue weighted by Gasteiger charge is -2.09. The van der Waals surface area contributed by atoms with Crippen molar-refractivity contribution in [1.29, 1.82) is 0 Å². The van der Waals surface area contributed by atoms with E-state index < -0.39 is 5.97 Å². The number of carbonyl (C=O) groups is 1. The Kier molecular flexibility index (Phi) is 4.35. The molecule has 0 unspecified atom stereocenters. The Morgan fingerprint density at radius 1 is 1.40 bits per heavy atom. The number of aromatic nitrogens is 2. The number of aryl methyl sites for hydroxylation is 2. The molecule has 0 atom stereocenters. The predicted molar refractivity (Wildman–Crippen MR) is 83.4 cm³/mol. The molecule has 0 aliphatic carbocycles. The van der Waals surface area contributed by atoms with E-state index in [2.05, 4.69) is 25.9 Å². The van der Waals surface area contributed by atoms with E-state index in [1.807, 2.05) is 25.1 Å². The zero-order valence-electron chi connectivity index (χ0n) is 11.3. The maximum Gasteiger partial charge on any atom is 0.342 e. The fourth-order valence-electron chi connectivity index (χ4n) is 1.87. The van der Waals surface area contributed by atoms with E-state index >= 15 is 0 Å². The van der Waals surface area contributed by atoms with Crippen molar-refractivity contribution >= 4 is 34.1 Å². The lowest BCUT2D eigenvalue weighted by Crippen LogP contribution is -2.09. The molecule has 0 spiro atoms. The smallest absolute Gasteiger partial charge is 0.342 e. The van der Waals surface area contributed by atoms with Crippen LogP contribution in [-0.4, -0.2) is 23.0 Å². The number of nitrogens with zero attached hydrogens (tertiary/aromatic N) is 1. The van der Waals surface area contributed by atoms with Gasteiger partial charge < -0.3 is 9.72 Å². The molecule has 4 nitrogen and oxygen atoms in total. The van der Waals surface area contributed by atoms with Gasteiger partial charge in [0.25, 0.3) is 0 Å². The number of esters is 1. The second-order valence-corrected chi connectivity index (χ2v) is 5.61. The lowest BCUT2D eigenvalue weighted by molar-refractivity contribution is 0.0598. The van der Waals surface area contributed by atoms with E-state index in [1.54, 1.807) is 6.92 Å². The van der Waals surface area contributed by atoms with Gasteiger partial charge in [0.1, 0.15) is 16.0 Å². The van der Waals surface area contributed by atoms with Gasteiger partial charge in [-0.1, -0.05) is 34.2 Å². The molecular formula is C14H13BrN2O2S. The number of halogens is 1. The molecule has 0 saturated heterocycles. The number of H-pyrrole nitrogens is 1. The summed E-state index contributed by atoms with van der Waals surface area (Å²) in [6, 6.07) is 5.93. The van der Waals surface area contributed by atoms with Gasteiger partial charge in [-0.25, -0.2) is 9.78 Å². The molecule has 0 fully saturated rings. The van der Waals surface area contributed by atoms with E-state index in [4.69, 9.17) is 17.0 Å². The average molecular weight is 353 g/mol. The van der Waals surface area contributed by atoms with E-state index in [0.29, 0.717) is 17.1 Å². The van der Waals surface area contributed by atoms with Gasteiger partial charge in [0.15, 0.2) is 0 Å². The average Bonchev–Trinajstić information content (AvgIpc) is 2.37. The minimum Gasteiger partial charge on any atom is -0.465 e. The number of hydrogen-bond acceptors (Lipinski definition) is 4. The summed E-state index contributed by atoms with van der Waals surface area (Å²) in [5, 5.41) is 0. The summed E-state index contributed by atoms with van der Waals surface area (Å²) in [5.41, 5.74) is 2.97. The zero-order chi connectivity index (χ0) is 14.9. The first kappa shape index (κ1) is 14.9. The fourth-order valence-corrected chi connectivity index (χ4v) is 2.88. The summed E-state index contributed by atoms with van der Waals surface area (Å²) in [7, 11) is 1.32. The van der Waals surface area contributed by atoms with Crippen LogP contribution >= 0.6 is 28.1 Å². The van der Waals surface area contributed by atoms with Crippen LogP contribution in [0.25, 0.3) is 11.4 Å². The third-order valence-corrected chi connectivity index (χ3v) is 3.83. The second-order valence-electron chi connectivity index (χ2n) is 4.37. The van der Waals surface area contributed by atoms with Crippen LogP contribution in [0.5, 0.6) is 0 Å². The first-order valence-electron chi connectivity index (χ1n) is 5.89. The molecule has 1 aromatic heterocycles. The van der Waals surface area contributed by atoms with Gasteiger partial charge in [-0.15, -0.1) is 0 Å². The lowest BCUT2D eigenvalue weighted by atomic mass is 10.1. The van der Waals surface area contributed by atoms with E-state index in [0.717, 1.165) is 15.6 Å². The Balaban J connectivity index is 2.61. The summed E-state index contributed by atoms with van der Waals surface area (Å²) in [4.78, 5) is 19.0. The summed E-state index contributed by atoms with van der Waals surface area (Å²) >= 11 is 8.70. The van der Waals surface area contributed by atoms with Crippen LogP contribution in [0.4, 0.5) is 0 Å². The van der Waals surface area contributed by atoms with Crippen molar-refractivity contribution in [3.8, 4) is 11.4 Å². The number of nitrogens with one attached hydrogen (secondary N) is 1. The van der Waals surface area contributed by atoms with Gasteiger partial charge in [-0.05, 0) is 31.5 Å². The third-order valence-electron chi connectivity index (χ3n) is 2.88. The largest absolute Gasteiger partial charge is 0.465 e. The molecule has 0 radical (unpaired) electrons. The highest BCUT2D eigenvalue weighted by molar-refractivity contribution is 9.10. The van der Waals surface area contributed by atoms with E-state index in [1.165, 1.54) is 7.11 Å². The molecule has 0 aliphatic heterocycles. The number of benzene rings is 1. The normalized spacial score (nSPS) is 10.4. The van der Waals surface area contributed by atoms with Crippen molar-refractivity contribution in [2.45, 2.75) is 13.8 Å². The Morgan fingerprint density at radius 2 is 2.10 bits per heavy atom. The second kappa shape index (κ2) is 5.85. The molecular weight excluding hydrogens is 340 g/mol. The van der Waals surface area contributed by atoms with Crippen molar-refractivity contribution in [3.63, 3.8) is 0 Å². The Labute approximate surface area is 130 Å². The molecule has 0 saturated carbocycles. The van der Waals surface area contributed by atoms with Gasteiger partial charge in [-0.2, -0.15) is 0 Å². The molecule has 20 heavy (non-hydrogen) atoms. The number of aromatic amines is 1. The van der Waals surface area contributed by atoms with Crippen molar-refractivity contribution in [1.82, 2.24) is 9.97 Å². The Morgan fingerprint density at radius 3 is 2.65 bits per heavy atom. The van der Waals surface area contributed by atoms with Gasteiger partial charge in [-0.3, -0.25) is 0 Å². The number of ether oxygens (including phenoxy) is 1. The molecule has 2 rings (SSSR count). The maximum atomic E-state index is 11.7. The molecule has 1 heterocycles. The maximum absolute atomic E-state index is 11.7. The van der Waals surface area contributed by atoms with E-state index in [-0.39, 0.29) is 4.64 Å². The first-order chi connectivity index (χ1) is 9.43. The highest BCUT2D eigenvalue weighted by Crippen LogP contribution is 2.27. The summed E-state index contributed by atoms with van der Waals surface area (Å²) in [5.74, 6) is 0.137. The van der Waals surface area contributed by atoms with Crippen LogP contribution in [-0.2, 0) is 4.74 Å². The Bertz CT molecular complexity index is 740. The van der Waals surface area contributed by atoms with Crippen molar-refractivity contribution in [2.24, 2.45) is 0 Å². The highest BCUT2D eigenvalue weighted by atomic mass is 79.9. The van der Waals surface area contributed by atoms with Crippen LogP contribution in [0, 0.1) is 18.5 Å². The van der Waals surface area contributed by atoms with Crippen molar-refractivity contribution < 1.29 is 9.53 Å². The summed E-state index contributed by atoms with van der Waals surface area (Å²) in [6.07, 6.45) is 0. The molecule has 0 amide bonds. The molecule has 0 aliphatic rings. The fraction of sp³-hybridized carbons (Fsp3) is 0.214. The number of rotatable bonds is 2.